The lowest BCUT2D eigenvalue weighted by molar-refractivity contribution is 0.228. The summed E-state index contributed by atoms with van der Waals surface area (Å²) in [7, 11) is 2.06. The van der Waals surface area contributed by atoms with E-state index in [9.17, 15) is 0 Å². The van der Waals surface area contributed by atoms with Crippen LogP contribution >= 0.6 is 0 Å². The van der Waals surface area contributed by atoms with Gasteiger partial charge in [0, 0.05) is 12.2 Å². The molecule has 1 saturated carbocycles. The normalized spacial score (nSPS) is 29.0. The SMILES string of the molecule is CCN1CCC(CNC)C1c1cncn1C1CC1. The average Bonchev–Trinajstić information content (AvgIpc) is 2.98. The van der Waals surface area contributed by atoms with E-state index in [4.69, 9.17) is 0 Å². The van der Waals surface area contributed by atoms with Gasteiger partial charge in [0.1, 0.15) is 0 Å². The molecule has 2 heterocycles. The molecule has 1 aliphatic heterocycles. The summed E-state index contributed by atoms with van der Waals surface area (Å²) in [6, 6.07) is 1.29. The summed E-state index contributed by atoms with van der Waals surface area (Å²) in [6.45, 7) is 5.74. The van der Waals surface area contributed by atoms with E-state index < -0.39 is 0 Å². The van der Waals surface area contributed by atoms with E-state index in [1.165, 1.54) is 31.5 Å². The van der Waals surface area contributed by atoms with Crippen molar-refractivity contribution < 1.29 is 0 Å². The maximum absolute atomic E-state index is 4.41. The predicted molar refractivity (Wildman–Crippen MR) is 72.5 cm³/mol. The van der Waals surface area contributed by atoms with Crippen molar-refractivity contribution in [2.75, 3.05) is 26.7 Å². The molecule has 3 rings (SSSR count). The number of hydrogen-bond acceptors (Lipinski definition) is 3. The number of nitrogens with one attached hydrogen (secondary N) is 1. The van der Waals surface area contributed by atoms with Crippen molar-refractivity contribution >= 4 is 0 Å². The van der Waals surface area contributed by atoms with E-state index in [-0.39, 0.29) is 0 Å². The fourth-order valence-corrected chi connectivity index (χ4v) is 3.39. The Bertz CT molecular complexity index is 396. The molecule has 0 amide bonds. The molecule has 1 aromatic heterocycles. The highest BCUT2D eigenvalue weighted by Crippen LogP contribution is 2.42. The van der Waals surface area contributed by atoms with Gasteiger partial charge in [-0.2, -0.15) is 0 Å². The van der Waals surface area contributed by atoms with Crippen molar-refractivity contribution in [3.05, 3.63) is 18.2 Å². The molecular weight excluding hydrogens is 224 g/mol. The third-order valence-corrected chi connectivity index (χ3v) is 4.44. The van der Waals surface area contributed by atoms with Crippen LogP contribution in [0, 0.1) is 5.92 Å². The third-order valence-electron chi connectivity index (χ3n) is 4.44. The fraction of sp³-hybridized carbons (Fsp3) is 0.786. The molecule has 1 saturated heterocycles. The summed E-state index contributed by atoms with van der Waals surface area (Å²) in [5.41, 5.74) is 1.44. The summed E-state index contributed by atoms with van der Waals surface area (Å²) >= 11 is 0. The molecule has 2 aliphatic rings. The number of rotatable bonds is 5. The van der Waals surface area contributed by atoms with E-state index in [1.54, 1.807) is 0 Å². The molecule has 4 nitrogen and oxygen atoms in total. The molecule has 0 spiro atoms. The van der Waals surface area contributed by atoms with E-state index in [2.05, 4.69) is 39.9 Å². The lowest BCUT2D eigenvalue weighted by Gasteiger charge is -2.28. The van der Waals surface area contributed by atoms with Crippen molar-refractivity contribution in [1.29, 1.82) is 0 Å². The van der Waals surface area contributed by atoms with Gasteiger partial charge in [-0.25, -0.2) is 4.98 Å². The number of aromatic nitrogens is 2. The minimum Gasteiger partial charge on any atom is -0.330 e. The van der Waals surface area contributed by atoms with Gasteiger partial charge in [-0.1, -0.05) is 6.92 Å². The zero-order valence-electron chi connectivity index (χ0n) is 11.5. The fourth-order valence-electron chi connectivity index (χ4n) is 3.39. The molecule has 4 heteroatoms. The van der Waals surface area contributed by atoms with Gasteiger partial charge in [0.2, 0.25) is 0 Å². The second kappa shape index (κ2) is 5.02. The maximum atomic E-state index is 4.41. The van der Waals surface area contributed by atoms with E-state index in [0.29, 0.717) is 6.04 Å². The largest absolute Gasteiger partial charge is 0.330 e. The first kappa shape index (κ1) is 12.2. The van der Waals surface area contributed by atoms with Crippen LogP contribution in [-0.2, 0) is 0 Å². The number of hydrogen-bond donors (Lipinski definition) is 1. The van der Waals surface area contributed by atoms with Crippen molar-refractivity contribution in [2.45, 2.75) is 38.3 Å². The third kappa shape index (κ3) is 2.08. The van der Waals surface area contributed by atoms with Gasteiger partial charge in [-0.3, -0.25) is 4.90 Å². The molecule has 2 atom stereocenters. The van der Waals surface area contributed by atoms with Crippen LogP contribution in [0.5, 0.6) is 0 Å². The highest BCUT2D eigenvalue weighted by Gasteiger charge is 2.37. The minimum atomic E-state index is 0.561. The van der Waals surface area contributed by atoms with Gasteiger partial charge in [-0.05, 0) is 51.9 Å². The molecule has 0 radical (unpaired) electrons. The molecular formula is C14H24N4. The van der Waals surface area contributed by atoms with Crippen LogP contribution in [0.15, 0.2) is 12.5 Å². The summed E-state index contributed by atoms with van der Waals surface area (Å²) in [5, 5.41) is 3.35. The van der Waals surface area contributed by atoms with Gasteiger partial charge in [0.25, 0.3) is 0 Å². The summed E-state index contributed by atoms with van der Waals surface area (Å²) in [4.78, 5) is 7.02. The van der Waals surface area contributed by atoms with Gasteiger partial charge in [-0.15, -0.1) is 0 Å². The first-order chi connectivity index (χ1) is 8.85. The van der Waals surface area contributed by atoms with Crippen molar-refractivity contribution in [3.63, 3.8) is 0 Å². The van der Waals surface area contributed by atoms with Crippen LogP contribution in [0.25, 0.3) is 0 Å². The lowest BCUT2D eigenvalue weighted by atomic mass is 9.97. The molecule has 1 aliphatic carbocycles. The highest BCUT2D eigenvalue weighted by molar-refractivity contribution is 5.13. The Balaban J connectivity index is 1.87. The van der Waals surface area contributed by atoms with Crippen LogP contribution in [0.4, 0.5) is 0 Å². The van der Waals surface area contributed by atoms with Gasteiger partial charge < -0.3 is 9.88 Å². The molecule has 0 aromatic carbocycles. The van der Waals surface area contributed by atoms with Crippen molar-refractivity contribution in [2.24, 2.45) is 5.92 Å². The second-order valence-electron chi connectivity index (χ2n) is 5.64. The zero-order chi connectivity index (χ0) is 12.5. The first-order valence-corrected chi connectivity index (χ1v) is 7.25. The Morgan fingerprint density at radius 1 is 1.39 bits per heavy atom. The van der Waals surface area contributed by atoms with Crippen LogP contribution in [0.2, 0.25) is 0 Å². The molecule has 2 unspecified atom stereocenters. The number of imidazole rings is 1. The second-order valence-corrected chi connectivity index (χ2v) is 5.64. The van der Waals surface area contributed by atoms with E-state index in [0.717, 1.165) is 25.0 Å². The Hall–Kier alpha value is -0.870. The van der Waals surface area contributed by atoms with Crippen LogP contribution in [-0.4, -0.2) is 41.1 Å². The number of likely N-dealkylation sites (tertiary alicyclic amines) is 1. The van der Waals surface area contributed by atoms with E-state index in [1.807, 2.05) is 6.33 Å². The van der Waals surface area contributed by atoms with Crippen LogP contribution < -0.4 is 5.32 Å². The summed E-state index contributed by atoms with van der Waals surface area (Å²) in [6.07, 6.45) is 8.10. The molecule has 0 bridgehead atoms. The zero-order valence-corrected chi connectivity index (χ0v) is 11.5. The van der Waals surface area contributed by atoms with Gasteiger partial charge in [0.15, 0.2) is 0 Å². The summed E-state index contributed by atoms with van der Waals surface area (Å²) < 4.78 is 2.43. The van der Waals surface area contributed by atoms with E-state index >= 15 is 0 Å². The van der Waals surface area contributed by atoms with Gasteiger partial charge >= 0.3 is 0 Å². The van der Waals surface area contributed by atoms with Crippen LogP contribution in [0.1, 0.15) is 44.0 Å². The molecule has 1 aromatic rings. The topological polar surface area (TPSA) is 33.1 Å². The average molecular weight is 248 g/mol. The lowest BCUT2D eigenvalue weighted by Crippen LogP contribution is -2.30. The van der Waals surface area contributed by atoms with Crippen molar-refractivity contribution in [3.8, 4) is 0 Å². The minimum absolute atomic E-state index is 0.561. The summed E-state index contributed by atoms with van der Waals surface area (Å²) in [5.74, 6) is 0.726. The Morgan fingerprint density at radius 3 is 2.89 bits per heavy atom. The van der Waals surface area contributed by atoms with Gasteiger partial charge in [0.05, 0.1) is 18.1 Å². The standard InChI is InChI=1S/C14H24N4/c1-3-17-7-6-11(8-15-2)14(17)13-9-16-10-18(13)12-4-5-12/h9-12,14-15H,3-8H2,1-2H3. The molecule has 2 fully saturated rings. The molecule has 18 heavy (non-hydrogen) atoms. The van der Waals surface area contributed by atoms with Crippen LogP contribution in [0.3, 0.4) is 0 Å². The Morgan fingerprint density at radius 2 is 2.22 bits per heavy atom. The quantitative estimate of drug-likeness (QED) is 0.863. The smallest absolute Gasteiger partial charge is 0.0951 e. The van der Waals surface area contributed by atoms with Crippen molar-refractivity contribution in [1.82, 2.24) is 19.8 Å². The molecule has 1 N–H and O–H groups in total. The monoisotopic (exact) mass is 248 g/mol. The maximum Gasteiger partial charge on any atom is 0.0951 e. The highest BCUT2D eigenvalue weighted by atomic mass is 15.2. The predicted octanol–water partition coefficient (Wildman–Crippen LogP) is 1.82. The first-order valence-electron chi connectivity index (χ1n) is 7.25. The number of nitrogens with zero attached hydrogens (tertiary/aromatic N) is 3. The Labute approximate surface area is 109 Å². The Kier molecular flexibility index (Phi) is 3.39. The molecule has 100 valence electrons.